The van der Waals surface area contributed by atoms with Gasteiger partial charge < -0.3 is 10.1 Å². The van der Waals surface area contributed by atoms with E-state index in [0.717, 1.165) is 5.56 Å². The van der Waals surface area contributed by atoms with Crippen molar-refractivity contribution in [2.45, 2.75) is 19.4 Å². The molecule has 0 saturated carbocycles. The average molecular weight is 383 g/mol. The molecule has 0 heterocycles. The fourth-order valence-corrected chi connectivity index (χ4v) is 2.49. The van der Waals surface area contributed by atoms with E-state index in [1.165, 1.54) is 12.1 Å². The van der Waals surface area contributed by atoms with E-state index in [2.05, 4.69) is 5.32 Å². The van der Waals surface area contributed by atoms with Gasteiger partial charge in [0.05, 0.1) is 16.6 Å². The normalized spacial score (nSPS) is 10.3. The summed E-state index contributed by atoms with van der Waals surface area (Å²) >= 11 is 11.8. The topological polar surface area (TPSA) is 81.5 Å². The Bertz CT molecular complexity index is 751. The molecule has 2 aromatic carbocycles. The lowest BCUT2D eigenvalue weighted by molar-refractivity contribution is -0.384. The van der Waals surface area contributed by atoms with E-state index >= 15 is 0 Å². The third-order valence-electron chi connectivity index (χ3n) is 3.34. The lowest BCUT2D eigenvalue weighted by atomic mass is 10.2. The molecule has 25 heavy (non-hydrogen) atoms. The fourth-order valence-electron chi connectivity index (χ4n) is 2.03. The first-order valence-corrected chi connectivity index (χ1v) is 8.29. The van der Waals surface area contributed by atoms with E-state index in [-0.39, 0.29) is 11.6 Å². The maximum Gasteiger partial charge on any atom is 0.269 e. The molecule has 2 rings (SSSR count). The van der Waals surface area contributed by atoms with E-state index in [4.69, 9.17) is 27.9 Å². The Balaban J connectivity index is 1.67. The number of carbonyl (C=O) groups excluding carboxylic acids is 1. The number of nitro groups is 1. The largest absolute Gasteiger partial charge is 0.492 e. The van der Waals surface area contributed by atoms with Crippen molar-refractivity contribution in [1.82, 2.24) is 5.32 Å². The SMILES string of the molecule is O=C(CCCOc1ccc(Cl)cc1Cl)NCc1ccc([N+](=O)[O-])cc1. The summed E-state index contributed by atoms with van der Waals surface area (Å²) in [6, 6.07) is 11.0. The highest BCUT2D eigenvalue weighted by molar-refractivity contribution is 6.35. The second kappa shape index (κ2) is 9.25. The number of amides is 1. The van der Waals surface area contributed by atoms with Crippen molar-refractivity contribution in [2.24, 2.45) is 0 Å². The quantitative estimate of drug-likeness (QED) is 0.417. The van der Waals surface area contributed by atoms with Gasteiger partial charge in [0.1, 0.15) is 5.75 Å². The van der Waals surface area contributed by atoms with Crippen LogP contribution in [0.2, 0.25) is 10.0 Å². The number of non-ortho nitro benzene ring substituents is 1. The van der Waals surface area contributed by atoms with Crippen LogP contribution in [-0.2, 0) is 11.3 Å². The summed E-state index contributed by atoms with van der Waals surface area (Å²) in [6.45, 7) is 0.674. The Hall–Kier alpha value is -2.31. The summed E-state index contributed by atoms with van der Waals surface area (Å²) in [5, 5.41) is 14.3. The van der Waals surface area contributed by atoms with Crippen molar-refractivity contribution in [3.8, 4) is 5.75 Å². The molecule has 0 aliphatic rings. The van der Waals surface area contributed by atoms with E-state index in [1.807, 2.05) is 0 Å². The van der Waals surface area contributed by atoms with E-state index < -0.39 is 4.92 Å². The number of hydrogen-bond donors (Lipinski definition) is 1. The predicted octanol–water partition coefficient (Wildman–Crippen LogP) is 4.38. The molecule has 0 aliphatic carbocycles. The molecule has 0 radical (unpaired) electrons. The summed E-state index contributed by atoms with van der Waals surface area (Å²) in [4.78, 5) is 21.9. The highest BCUT2D eigenvalue weighted by Gasteiger charge is 2.06. The number of nitrogens with zero attached hydrogens (tertiary/aromatic N) is 1. The summed E-state index contributed by atoms with van der Waals surface area (Å²) in [7, 11) is 0. The zero-order chi connectivity index (χ0) is 18.2. The first-order valence-electron chi connectivity index (χ1n) is 7.53. The van der Waals surface area contributed by atoms with Crippen LogP contribution in [0.4, 0.5) is 5.69 Å². The van der Waals surface area contributed by atoms with Gasteiger partial charge in [0.2, 0.25) is 5.91 Å². The molecule has 1 N–H and O–H groups in total. The van der Waals surface area contributed by atoms with Gasteiger partial charge in [0.25, 0.3) is 5.69 Å². The Morgan fingerprint density at radius 2 is 1.88 bits per heavy atom. The fraction of sp³-hybridized carbons (Fsp3) is 0.235. The third kappa shape index (κ3) is 6.25. The van der Waals surface area contributed by atoms with Gasteiger partial charge in [-0.2, -0.15) is 0 Å². The standard InChI is InChI=1S/C17H16Cl2N2O4/c18-13-5-8-16(15(19)10-13)25-9-1-2-17(22)20-11-12-3-6-14(7-4-12)21(23)24/h3-8,10H,1-2,9,11H2,(H,20,22). The lowest BCUT2D eigenvalue weighted by Gasteiger charge is -2.08. The van der Waals surface area contributed by atoms with Gasteiger partial charge in [-0.05, 0) is 30.2 Å². The van der Waals surface area contributed by atoms with E-state index in [9.17, 15) is 14.9 Å². The van der Waals surface area contributed by atoms with Crippen molar-refractivity contribution in [3.63, 3.8) is 0 Å². The maximum atomic E-state index is 11.8. The smallest absolute Gasteiger partial charge is 0.269 e. The number of nitrogens with one attached hydrogen (secondary N) is 1. The van der Waals surface area contributed by atoms with Crippen LogP contribution in [0.25, 0.3) is 0 Å². The molecule has 0 bridgehead atoms. The minimum Gasteiger partial charge on any atom is -0.492 e. The highest BCUT2D eigenvalue weighted by atomic mass is 35.5. The van der Waals surface area contributed by atoms with Gasteiger partial charge in [-0.1, -0.05) is 35.3 Å². The molecule has 132 valence electrons. The van der Waals surface area contributed by atoms with Crippen LogP contribution in [-0.4, -0.2) is 17.4 Å². The molecule has 0 atom stereocenters. The van der Waals surface area contributed by atoms with Crippen LogP contribution in [0.5, 0.6) is 5.75 Å². The zero-order valence-electron chi connectivity index (χ0n) is 13.2. The number of benzene rings is 2. The summed E-state index contributed by atoms with van der Waals surface area (Å²) in [5.41, 5.74) is 0.816. The van der Waals surface area contributed by atoms with Gasteiger partial charge in [0.15, 0.2) is 0 Å². The number of carbonyl (C=O) groups is 1. The van der Waals surface area contributed by atoms with Crippen LogP contribution in [0.15, 0.2) is 42.5 Å². The molecule has 0 aliphatic heterocycles. The number of ether oxygens (including phenoxy) is 1. The minimum absolute atomic E-state index is 0.0214. The molecule has 0 spiro atoms. The average Bonchev–Trinajstić information content (AvgIpc) is 2.58. The number of halogens is 2. The summed E-state index contributed by atoms with van der Waals surface area (Å²) in [6.07, 6.45) is 0.837. The Labute approximate surface area is 154 Å². The number of hydrogen-bond acceptors (Lipinski definition) is 4. The van der Waals surface area contributed by atoms with Crippen LogP contribution in [0.1, 0.15) is 18.4 Å². The second-order valence-corrected chi connectivity index (χ2v) is 6.07. The first-order chi connectivity index (χ1) is 12.0. The summed E-state index contributed by atoms with van der Waals surface area (Å²) in [5.74, 6) is 0.404. The van der Waals surface area contributed by atoms with Crippen molar-refractivity contribution >= 4 is 34.8 Å². The van der Waals surface area contributed by atoms with Gasteiger partial charge >= 0.3 is 0 Å². The highest BCUT2D eigenvalue weighted by Crippen LogP contribution is 2.27. The van der Waals surface area contributed by atoms with Crippen molar-refractivity contribution in [1.29, 1.82) is 0 Å². The molecule has 6 nitrogen and oxygen atoms in total. The number of nitro benzene ring substituents is 1. The molecule has 0 unspecified atom stereocenters. The van der Waals surface area contributed by atoms with Crippen molar-refractivity contribution in [3.05, 3.63) is 68.2 Å². The van der Waals surface area contributed by atoms with Crippen molar-refractivity contribution < 1.29 is 14.5 Å². The Morgan fingerprint density at radius 3 is 2.52 bits per heavy atom. The molecule has 0 saturated heterocycles. The van der Waals surface area contributed by atoms with Crippen LogP contribution in [0, 0.1) is 10.1 Å². The van der Waals surface area contributed by atoms with E-state index in [1.54, 1.807) is 30.3 Å². The molecule has 1 amide bonds. The second-order valence-electron chi connectivity index (χ2n) is 5.23. The van der Waals surface area contributed by atoms with Gasteiger partial charge in [-0.25, -0.2) is 0 Å². The Kier molecular flexibility index (Phi) is 7.03. The van der Waals surface area contributed by atoms with Crippen LogP contribution in [0.3, 0.4) is 0 Å². The van der Waals surface area contributed by atoms with Gasteiger partial charge in [-0.3, -0.25) is 14.9 Å². The molecule has 0 aromatic heterocycles. The molecule has 2 aromatic rings. The van der Waals surface area contributed by atoms with Crippen LogP contribution < -0.4 is 10.1 Å². The number of rotatable bonds is 8. The lowest BCUT2D eigenvalue weighted by Crippen LogP contribution is -2.22. The molecular weight excluding hydrogens is 367 g/mol. The van der Waals surface area contributed by atoms with Gasteiger partial charge in [0, 0.05) is 30.1 Å². The van der Waals surface area contributed by atoms with Crippen LogP contribution >= 0.6 is 23.2 Å². The maximum absolute atomic E-state index is 11.8. The molecular formula is C17H16Cl2N2O4. The van der Waals surface area contributed by atoms with Gasteiger partial charge in [-0.15, -0.1) is 0 Å². The van der Waals surface area contributed by atoms with E-state index in [0.29, 0.717) is 41.8 Å². The minimum atomic E-state index is -0.463. The zero-order valence-corrected chi connectivity index (χ0v) is 14.7. The molecule has 0 fully saturated rings. The van der Waals surface area contributed by atoms with Crippen molar-refractivity contribution in [2.75, 3.05) is 6.61 Å². The third-order valence-corrected chi connectivity index (χ3v) is 3.87. The molecule has 8 heteroatoms. The summed E-state index contributed by atoms with van der Waals surface area (Å²) < 4.78 is 5.51. The predicted molar refractivity (Wildman–Crippen MR) is 96.1 cm³/mol. The first kappa shape index (κ1) is 19.0. The Morgan fingerprint density at radius 1 is 1.16 bits per heavy atom. The monoisotopic (exact) mass is 382 g/mol.